The first-order chi connectivity index (χ1) is 6.97. The van der Waals surface area contributed by atoms with Crippen LogP contribution in [0.2, 0.25) is 0 Å². The lowest BCUT2D eigenvalue weighted by Gasteiger charge is -2.33. The monoisotopic (exact) mass is 211 g/mol. The van der Waals surface area contributed by atoms with Crippen molar-refractivity contribution in [1.29, 1.82) is 0 Å². The molecule has 0 aromatic carbocycles. The van der Waals surface area contributed by atoms with E-state index in [4.69, 9.17) is 0 Å². The Hall–Kier alpha value is -1.32. The molecule has 0 heterocycles. The minimum absolute atomic E-state index is 0.187. The van der Waals surface area contributed by atoms with E-state index >= 15 is 0 Å². The van der Waals surface area contributed by atoms with E-state index in [0.29, 0.717) is 6.42 Å². The molecule has 1 rings (SSSR count). The Balaban J connectivity index is 2.97. The fraction of sp³-hybridized carbons (Fsp3) is 0.636. The molecule has 0 saturated heterocycles. The predicted molar refractivity (Wildman–Crippen MR) is 51.5 cm³/mol. The van der Waals surface area contributed by atoms with Gasteiger partial charge in [0.25, 0.3) is 0 Å². The number of carboxylic acids is 1. The van der Waals surface area contributed by atoms with Crippen molar-refractivity contribution < 1.29 is 19.4 Å². The number of carboxylic acid groups (broad SMARTS) is 1. The molecule has 4 heteroatoms. The molecule has 0 unspecified atom stereocenters. The number of methoxy groups -OCH3 is 1. The van der Waals surface area contributed by atoms with Gasteiger partial charge in [0.1, 0.15) is 0 Å². The zero-order valence-corrected chi connectivity index (χ0v) is 9.15. The summed E-state index contributed by atoms with van der Waals surface area (Å²) < 4.78 is 4.61. The first-order valence-electron chi connectivity index (χ1n) is 4.93. The molecule has 0 aromatic rings. The molecule has 0 bridgehead atoms. The van der Waals surface area contributed by atoms with Gasteiger partial charge in [-0.05, 0) is 19.3 Å². The van der Waals surface area contributed by atoms with Crippen LogP contribution in [0.1, 0.15) is 20.3 Å². The third kappa shape index (κ3) is 2.37. The molecule has 4 nitrogen and oxygen atoms in total. The first kappa shape index (κ1) is 11.8. The second kappa shape index (κ2) is 4.47. The molecule has 0 saturated carbocycles. The molecule has 84 valence electrons. The van der Waals surface area contributed by atoms with Crippen molar-refractivity contribution in [1.82, 2.24) is 0 Å². The number of hydrogen-bond acceptors (Lipinski definition) is 4. The average Bonchev–Trinajstić information content (AvgIpc) is 2.14. The van der Waals surface area contributed by atoms with Gasteiger partial charge in [-0.2, -0.15) is 0 Å². The van der Waals surface area contributed by atoms with E-state index in [2.05, 4.69) is 4.74 Å². The van der Waals surface area contributed by atoms with Crippen LogP contribution in [0.4, 0.5) is 0 Å². The Morgan fingerprint density at radius 3 is 2.60 bits per heavy atom. The van der Waals surface area contributed by atoms with Crippen LogP contribution in [0.5, 0.6) is 0 Å². The van der Waals surface area contributed by atoms with Crippen LogP contribution in [-0.4, -0.2) is 19.0 Å². The van der Waals surface area contributed by atoms with Crippen molar-refractivity contribution in [3.05, 3.63) is 11.6 Å². The molecule has 0 aromatic heterocycles. The summed E-state index contributed by atoms with van der Waals surface area (Å²) in [5.41, 5.74) is 1.02. The Labute approximate surface area is 88.9 Å². The highest BCUT2D eigenvalue weighted by atomic mass is 16.5. The van der Waals surface area contributed by atoms with Crippen LogP contribution in [0.15, 0.2) is 11.6 Å². The van der Waals surface area contributed by atoms with E-state index < -0.39 is 23.8 Å². The van der Waals surface area contributed by atoms with Crippen LogP contribution in [0.3, 0.4) is 0 Å². The van der Waals surface area contributed by atoms with Gasteiger partial charge in [-0.15, -0.1) is 0 Å². The zero-order chi connectivity index (χ0) is 11.6. The Morgan fingerprint density at radius 2 is 2.13 bits per heavy atom. The number of ether oxygens (including phenoxy) is 1. The van der Waals surface area contributed by atoms with Gasteiger partial charge >= 0.3 is 5.97 Å². The fourth-order valence-electron chi connectivity index (χ4n) is 2.22. The number of esters is 1. The molecule has 0 radical (unpaired) electrons. The molecule has 3 atom stereocenters. The van der Waals surface area contributed by atoms with Gasteiger partial charge < -0.3 is 14.6 Å². The topological polar surface area (TPSA) is 66.4 Å². The fourth-order valence-corrected chi connectivity index (χ4v) is 2.22. The van der Waals surface area contributed by atoms with Gasteiger partial charge in [-0.1, -0.05) is 18.6 Å². The van der Waals surface area contributed by atoms with Crippen LogP contribution >= 0.6 is 0 Å². The van der Waals surface area contributed by atoms with Gasteiger partial charge in [0.2, 0.25) is 0 Å². The lowest BCUT2D eigenvalue weighted by molar-refractivity contribution is -0.314. The Bertz CT molecular complexity index is 306. The van der Waals surface area contributed by atoms with Crippen molar-refractivity contribution in [2.75, 3.05) is 7.11 Å². The van der Waals surface area contributed by atoms with E-state index in [1.54, 1.807) is 6.92 Å². The highest BCUT2D eigenvalue weighted by molar-refractivity contribution is 5.81. The molecule has 1 aliphatic rings. The van der Waals surface area contributed by atoms with E-state index in [9.17, 15) is 14.7 Å². The van der Waals surface area contributed by atoms with E-state index in [0.717, 1.165) is 5.57 Å². The maximum atomic E-state index is 11.4. The van der Waals surface area contributed by atoms with Crippen molar-refractivity contribution in [2.24, 2.45) is 17.8 Å². The van der Waals surface area contributed by atoms with Gasteiger partial charge in [0.05, 0.1) is 13.0 Å². The summed E-state index contributed by atoms with van der Waals surface area (Å²) in [4.78, 5) is 22.4. The van der Waals surface area contributed by atoms with Gasteiger partial charge in [0, 0.05) is 11.9 Å². The molecule has 1 aliphatic carbocycles. The average molecular weight is 211 g/mol. The number of allylic oxidation sites excluding steroid dienone is 2. The minimum atomic E-state index is -1.18. The van der Waals surface area contributed by atoms with Crippen molar-refractivity contribution in [3.63, 3.8) is 0 Å². The first-order valence-corrected chi connectivity index (χ1v) is 4.93. The number of hydrogen-bond donors (Lipinski definition) is 0. The predicted octanol–water partition coefficient (Wildman–Crippen LogP) is 0.128. The van der Waals surface area contributed by atoms with Crippen molar-refractivity contribution in [2.45, 2.75) is 20.3 Å². The second-order valence-corrected chi connectivity index (χ2v) is 4.05. The quantitative estimate of drug-likeness (QED) is 0.481. The molecular weight excluding hydrogens is 196 g/mol. The summed E-state index contributed by atoms with van der Waals surface area (Å²) >= 11 is 0. The number of carbonyl (C=O) groups excluding carboxylic acids is 2. The number of aliphatic carboxylic acids is 1. The third-order valence-electron chi connectivity index (χ3n) is 2.87. The summed E-state index contributed by atoms with van der Waals surface area (Å²) in [5, 5.41) is 11.0. The van der Waals surface area contributed by atoms with Gasteiger partial charge in [0.15, 0.2) is 0 Å². The van der Waals surface area contributed by atoms with Gasteiger partial charge in [-0.25, -0.2) is 0 Å². The summed E-state index contributed by atoms with van der Waals surface area (Å²) in [6, 6.07) is 0. The van der Waals surface area contributed by atoms with E-state index in [1.807, 2.05) is 13.0 Å². The maximum Gasteiger partial charge on any atom is 0.309 e. The lowest BCUT2D eigenvalue weighted by atomic mass is 9.74. The van der Waals surface area contributed by atoms with Gasteiger partial charge in [-0.3, -0.25) is 4.79 Å². The van der Waals surface area contributed by atoms with E-state index in [-0.39, 0.29) is 5.92 Å². The smallest absolute Gasteiger partial charge is 0.309 e. The van der Waals surface area contributed by atoms with Crippen LogP contribution in [0.25, 0.3) is 0 Å². The zero-order valence-electron chi connectivity index (χ0n) is 9.15. The van der Waals surface area contributed by atoms with Crippen LogP contribution in [-0.2, 0) is 14.3 Å². The van der Waals surface area contributed by atoms with Crippen LogP contribution in [0, 0.1) is 17.8 Å². The molecule has 0 aliphatic heterocycles. The summed E-state index contributed by atoms with van der Waals surface area (Å²) in [6.07, 6.45) is 2.32. The van der Waals surface area contributed by atoms with Crippen molar-refractivity contribution in [3.8, 4) is 0 Å². The Kier molecular flexibility index (Phi) is 3.50. The lowest BCUT2D eigenvalue weighted by Crippen LogP contribution is -2.44. The maximum absolute atomic E-state index is 11.4. The van der Waals surface area contributed by atoms with E-state index in [1.165, 1.54) is 7.11 Å². The number of rotatable bonds is 2. The number of carbonyl (C=O) groups is 2. The molecule has 0 fully saturated rings. The standard InChI is InChI=1S/C11H16O4/c1-6-4-7(2)9(10(12)13)8(5-6)11(14)15-3/h4,7-9H,5H2,1-3H3,(H,12,13)/p-1/t7-,8+,9+/m0/s1. The van der Waals surface area contributed by atoms with Crippen molar-refractivity contribution >= 4 is 11.9 Å². The Morgan fingerprint density at radius 1 is 1.53 bits per heavy atom. The molecule has 15 heavy (non-hydrogen) atoms. The van der Waals surface area contributed by atoms with Crippen LogP contribution < -0.4 is 5.11 Å². The molecule has 0 spiro atoms. The molecule has 0 N–H and O–H groups in total. The highest BCUT2D eigenvalue weighted by Crippen LogP contribution is 2.34. The third-order valence-corrected chi connectivity index (χ3v) is 2.87. The molecule has 0 amide bonds. The second-order valence-electron chi connectivity index (χ2n) is 4.05. The normalized spacial score (nSPS) is 30.6. The largest absolute Gasteiger partial charge is 0.550 e. The summed E-state index contributed by atoms with van der Waals surface area (Å²) in [5.74, 6) is -3.22. The molecular formula is C11H15O4-. The highest BCUT2D eigenvalue weighted by Gasteiger charge is 2.36. The summed E-state index contributed by atoms with van der Waals surface area (Å²) in [6.45, 7) is 3.66. The SMILES string of the molecule is COC(=O)[C@@H]1CC(C)=C[C@H](C)[C@H]1C(=O)[O-]. The minimum Gasteiger partial charge on any atom is -0.550 e. The summed E-state index contributed by atoms with van der Waals surface area (Å²) in [7, 11) is 1.27.